The van der Waals surface area contributed by atoms with Crippen LogP contribution in [0.4, 0.5) is 14.5 Å². The Morgan fingerprint density at radius 2 is 1.85 bits per heavy atom. The van der Waals surface area contributed by atoms with Gasteiger partial charge in [0.2, 0.25) is 5.91 Å². The number of hydrogen-bond acceptors (Lipinski definition) is 3. The highest BCUT2D eigenvalue weighted by atomic mass is 32.2. The first-order valence-corrected chi connectivity index (χ1v) is 12.3. The van der Waals surface area contributed by atoms with Crippen LogP contribution in [0.2, 0.25) is 0 Å². The fourth-order valence-electron chi connectivity index (χ4n) is 4.14. The maximum Gasteiger partial charge on any atom is 0.251 e. The van der Waals surface area contributed by atoms with E-state index in [1.54, 1.807) is 41.3 Å². The number of hydrogen-bond donors (Lipinski definition) is 1. The zero-order valence-corrected chi connectivity index (χ0v) is 19.9. The Balaban J connectivity index is 1.51. The van der Waals surface area contributed by atoms with Gasteiger partial charge in [0.1, 0.15) is 17.0 Å². The molecule has 4 rings (SSSR count). The lowest BCUT2D eigenvalue weighted by Gasteiger charge is -2.26. The number of anilines is 1. The molecule has 2 unspecified atom stereocenters. The van der Waals surface area contributed by atoms with Crippen LogP contribution >= 0.6 is 11.8 Å². The summed E-state index contributed by atoms with van der Waals surface area (Å²) in [6.07, 6.45) is 1.24. The molecule has 1 heterocycles. The summed E-state index contributed by atoms with van der Waals surface area (Å²) in [7, 11) is 0. The maximum absolute atomic E-state index is 13.5. The molecule has 0 radical (unpaired) electrons. The van der Waals surface area contributed by atoms with Gasteiger partial charge < -0.3 is 5.32 Å². The van der Waals surface area contributed by atoms with E-state index in [-0.39, 0.29) is 34.9 Å². The van der Waals surface area contributed by atoms with Gasteiger partial charge in [-0.2, -0.15) is 0 Å². The van der Waals surface area contributed by atoms with Crippen LogP contribution in [0.25, 0.3) is 0 Å². The number of thioether (sulfide) groups is 1. The molecular formula is C27H26F2N2O2S. The molecule has 0 spiro atoms. The van der Waals surface area contributed by atoms with Crippen LogP contribution in [0.3, 0.4) is 0 Å². The smallest absolute Gasteiger partial charge is 0.251 e. The molecule has 0 aromatic heterocycles. The highest BCUT2D eigenvalue weighted by molar-refractivity contribution is 8.00. The summed E-state index contributed by atoms with van der Waals surface area (Å²) in [5, 5.41) is 2.79. The minimum Gasteiger partial charge on any atom is -0.349 e. The average Bonchev–Trinajstić information content (AvgIpc) is 3.20. The molecule has 1 fully saturated rings. The van der Waals surface area contributed by atoms with Crippen molar-refractivity contribution in [3.05, 3.63) is 101 Å². The Hall–Kier alpha value is -3.19. The van der Waals surface area contributed by atoms with Gasteiger partial charge >= 0.3 is 0 Å². The lowest BCUT2D eigenvalue weighted by atomic mass is 10.0. The lowest BCUT2D eigenvalue weighted by molar-refractivity contribution is -0.115. The molecular weight excluding hydrogens is 454 g/mol. The van der Waals surface area contributed by atoms with E-state index in [4.69, 9.17) is 0 Å². The first kappa shape index (κ1) is 24.0. The third-order valence-electron chi connectivity index (χ3n) is 5.94. The number of nitrogens with zero attached hydrogens (tertiary/aromatic N) is 1. The van der Waals surface area contributed by atoms with Crippen molar-refractivity contribution in [2.75, 3.05) is 10.7 Å². The van der Waals surface area contributed by atoms with Crippen molar-refractivity contribution in [3.63, 3.8) is 0 Å². The molecule has 1 saturated heterocycles. The Labute approximate surface area is 202 Å². The van der Waals surface area contributed by atoms with Gasteiger partial charge in [-0.25, -0.2) is 8.78 Å². The lowest BCUT2D eigenvalue weighted by Crippen LogP contribution is -2.36. The molecule has 7 heteroatoms. The second kappa shape index (κ2) is 10.4. The van der Waals surface area contributed by atoms with Crippen molar-refractivity contribution >= 4 is 29.3 Å². The molecule has 2 atom stereocenters. The van der Waals surface area contributed by atoms with Crippen molar-refractivity contribution in [1.82, 2.24) is 5.32 Å². The molecule has 4 nitrogen and oxygen atoms in total. The largest absolute Gasteiger partial charge is 0.349 e. The number of aryl methyl sites for hydroxylation is 1. The van der Waals surface area contributed by atoms with Crippen molar-refractivity contribution < 1.29 is 18.4 Å². The minimum atomic E-state index is -0.320. The van der Waals surface area contributed by atoms with Gasteiger partial charge in [0, 0.05) is 17.3 Å². The number of carbonyl (C=O) groups is 2. The summed E-state index contributed by atoms with van der Waals surface area (Å²) in [6.45, 7) is 3.85. The molecule has 0 bridgehead atoms. The molecule has 1 aliphatic rings. The summed E-state index contributed by atoms with van der Waals surface area (Å²) < 4.78 is 26.9. The van der Waals surface area contributed by atoms with Crippen LogP contribution in [0.5, 0.6) is 0 Å². The summed E-state index contributed by atoms with van der Waals surface area (Å²) in [5.41, 5.74) is 3.70. The SMILES string of the molecule is CCC(Cc1cccc(F)c1)NC(=O)c1ccc(N2C(=O)CSC2c2ccc(F)cc2)c(C)c1. The molecule has 34 heavy (non-hydrogen) atoms. The first-order chi connectivity index (χ1) is 16.4. The number of rotatable bonds is 7. The van der Waals surface area contributed by atoms with Gasteiger partial charge in [0.15, 0.2) is 0 Å². The van der Waals surface area contributed by atoms with Crippen LogP contribution in [-0.4, -0.2) is 23.6 Å². The van der Waals surface area contributed by atoms with Crippen LogP contribution in [-0.2, 0) is 11.2 Å². The average molecular weight is 481 g/mol. The Morgan fingerprint density at radius 3 is 2.53 bits per heavy atom. The molecule has 176 valence electrons. The predicted molar refractivity (Wildman–Crippen MR) is 132 cm³/mol. The van der Waals surface area contributed by atoms with E-state index < -0.39 is 0 Å². The monoisotopic (exact) mass is 480 g/mol. The zero-order valence-electron chi connectivity index (χ0n) is 19.1. The topological polar surface area (TPSA) is 49.4 Å². The van der Waals surface area contributed by atoms with Gasteiger partial charge in [-0.3, -0.25) is 14.5 Å². The quantitative estimate of drug-likeness (QED) is 0.465. The van der Waals surface area contributed by atoms with Gasteiger partial charge in [-0.15, -0.1) is 11.8 Å². The standard InChI is InChI=1S/C27H26F2N2O2S/c1-3-23(15-18-5-4-6-22(29)14-18)30-26(33)20-9-12-24(17(2)13-20)31-25(32)16-34-27(31)19-7-10-21(28)11-8-19/h4-14,23,27H,3,15-16H2,1-2H3,(H,30,33). The van der Waals surface area contributed by atoms with Gasteiger partial charge in [-0.05, 0) is 78.9 Å². The third kappa shape index (κ3) is 5.30. The minimum absolute atomic E-state index is 0.0271. The zero-order chi connectivity index (χ0) is 24.2. The van der Waals surface area contributed by atoms with E-state index in [9.17, 15) is 18.4 Å². The second-order valence-corrected chi connectivity index (χ2v) is 9.46. The van der Waals surface area contributed by atoms with Crippen LogP contribution in [0.15, 0.2) is 66.7 Å². The van der Waals surface area contributed by atoms with Gasteiger partial charge in [-0.1, -0.05) is 31.2 Å². The summed E-state index contributed by atoms with van der Waals surface area (Å²) in [4.78, 5) is 27.4. The number of benzene rings is 3. The third-order valence-corrected chi connectivity index (χ3v) is 7.15. The van der Waals surface area contributed by atoms with E-state index in [2.05, 4.69) is 5.32 Å². The Bertz CT molecular complexity index is 1200. The first-order valence-electron chi connectivity index (χ1n) is 11.2. The van der Waals surface area contributed by atoms with E-state index in [0.29, 0.717) is 24.2 Å². The number of nitrogens with one attached hydrogen (secondary N) is 1. The molecule has 3 aromatic rings. The fourth-order valence-corrected chi connectivity index (χ4v) is 5.31. The van der Waals surface area contributed by atoms with Crippen molar-refractivity contribution in [1.29, 1.82) is 0 Å². The van der Waals surface area contributed by atoms with Crippen LogP contribution in [0, 0.1) is 18.6 Å². The normalized spacial score (nSPS) is 16.5. The number of halogens is 2. The molecule has 2 amide bonds. The Kier molecular flexibility index (Phi) is 7.32. The van der Waals surface area contributed by atoms with Crippen molar-refractivity contribution in [3.8, 4) is 0 Å². The highest BCUT2D eigenvalue weighted by Gasteiger charge is 2.35. The molecule has 0 aliphatic carbocycles. The van der Waals surface area contributed by atoms with Crippen molar-refractivity contribution in [2.45, 2.75) is 38.1 Å². The summed E-state index contributed by atoms with van der Waals surface area (Å²) in [5.74, 6) is -0.518. The van der Waals surface area contributed by atoms with Crippen molar-refractivity contribution in [2.24, 2.45) is 0 Å². The van der Waals surface area contributed by atoms with Gasteiger partial charge in [0.05, 0.1) is 5.75 Å². The predicted octanol–water partition coefficient (Wildman–Crippen LogP) is 5.80. The van der Waals surface area contributed by atoms with E-state index in [0.717, 1.165) is 22.4 Å². The second-order valence-electron chi connectivity index (χ2n) is 8.39. The number of amides is 2. The molecule has 1 aliphatic heterocycles. The Morgan fingerprint density at radius 1 is 1.09 bits per heavy atom. The fraction of sp³-hybridized carbons (Fsp3) is 0.259. The molecule has 1 N–H and O–H groups in total. The molecule has 0 saturated carbocycles. The summed E-state index contributed by atoms with van der Waals surface area (Å²) in [6, 6.07) is 17.7. The van der Waals surface area contributed by atoms with Gasteiger partial charge in [0.25, 0.3) is 5.91 Å². The van der Waals surface area contributed by atoms with E-state index in [1.807, 2.05) is 19.9 Å². The molecule has 3 aromatic carbocycles. The van der Waals surface area contributed by atoms with E-state index >= 15 is 0 Å². The highest BCUT2D eigenvalue weighted by Crippen LogP contribution is 2.42. The van der Waals surface area contributed by atoms with Crippen LogP contribution in [0.1, 0.15) is 45.8 Å². The van der Waals surface area contributed by atoms with Crippen LogP contribution < -0.4 is 10.2 Å². The number of carbonyl (C=O) groups excluding carboxylic acids is 2. The van der Waals surface area contributed by atoms with E-state index in [1.165, 1.54) is 36.0 Å². The summed E-state index contributed by atoms with van der Waals surface area (Å²) >= 11 is 1.49. The maximum atomic E-state index is 13.5.